The molecule has 3 amide bonds. The Bertz CT molecular complexity index is 759. The predicted molar refractivity (Wildman–Crippen MR) is 104 cm³/mol. The number of amides is 3. The molecule has 0 radical (unpaired) electrons. The first-order valence-electron chi connectivity index (χ1n) is 8.59. The molecule has 6 heteroatoms. The third-order valence-corrected chi connectivity index (χ3v) is 3.62. The fourth-order valence-corrected chi connectivity index (χ4v) is 2.35. The van der Waals surface area contributed by atoms with Crippen molar-refractivity contribution in [3.63, 3.8) is 0 Å². The van der Waals surface area contributed by atoms with Crippen molar-refractivity contribution < 1.29 is 14.3 Å². The molecule has 0 saturated heterocycles. The van der Waals surface area contributed by atoms with E-state index < -0.39 is 0 Å². The minimum atomic E-state index is -0.329. The van der Waals surface area contributed by atoms with Gasteiger partial charge in [0.2, 0.25) is 5.91 Å². The van der Waals surface area contributed by atoms with E-state index in [9.17, 15) is 9.59 Å². The number of anilines is 2. The molecule has 0 bridgehead atoms. The maximum absolute atomic E-state index is 11.9. The van der Waals surface area contributed by atoms with Crippen molar-refractivity contribution in [1.29, 1.82) is 0 Å². The average molecular weight is 355 g/mol. The largest absolute Gasteiger partial charge is 0.492 e. The van der Waals surface area contributed by atoms with Gasteiger partial charge in [-0.25, -0.2) is 4.79 Å². The lowest BCUT2D eigenvalue weighted by Gasteiger charge is -2.11. The van der Waals surface area contributed by atoms with Crippen molar-refractivity contribution in [1.82, 2.24) is 5.32 Å². The van der Waals surface area contributed by atoms with Crippen LogP contribution < -0.4 is 20.7 Å². The van der Waals surface area contributed by atoms with Gasteiger partial charge in [-0.15, -0.1) is 0 Å². The number of carbonyl (C=O) groups is 2. The average Bonchev–Trinajstić information content (AvgIpc) is 2.58. The highest BCUT2D eigenvalue weighted by Gasteiger charge is 2.04. The van der Waals surface area contributed by atoms with E-state index in [1.54, 1.807) is 24.3 Å². The van der Waals surface area contributed by atoms with Crippen LogP contribution in [0.15, 0.2) is 48.5 Å². The van der Waals surface area contributed by atoms with Gasteiger partial charge >= 0.3 is 6.03 Å². The van der Waals surface area contributed by atoms with Crippen molar-refractivity contribution in [2.75, 3.05) is 23.8 Å². The van der Waals surface area contributed by atoms with E-state index in [1.807, 2.05) is 18.2 Å². The van der Waals surface area contributed by atoms with Crippen molar-refractivity contribution in [3.8, 4) is 5.75 Å². The van der Waals surface area contributed by atoms with E-state index >= 15 is 0 Å². The first-order chi connectivity index (χ1) is 12.4. The lowest BCUT2D eigenvalue weighted by Crippen LogP contribution is -2.32. The number of carbonyl (C=O) groups excluding carboxylic acids is 2. The van der Waals surface area contributed by atoms with Crippen LogP contribution in [0.3, 0.4) is 0 Å². The number of benzene rings is 2. The first kappa shape index (κ1) is 19.3. The topological polar surface area (TPSA) is 79.5 Å². The summed E-state index contributed by atoms with van der Waals surface area (Å²) in [5, 5.41) is 8.13. The van der Waals surface area contributed by atoms with Crippen LogP contribution in [0.5, 0.6) is 5.75 Å². The van der Waals surface area contributed by atoms with Crippen molar-refractivity contribution in [2.24, 2.45) is 0 Å². The molecule has 0 saturated carbocycles. The van der Waals surface area contributed by atoms with Crippen molar-refractivity contribution in [3.05, 3.63) is 54.1 Å². The fraction of sp³-hybridized carbons (Fsp3) is 0.300. The van der Waals surface area contributed by atoms with Crippen molar-refractivity contribution in [2.45, 2.75) is 26.7 Å². The maximum atomic E-state index is 11.9. The summed E-state index contributed by atoms with van der Waals surface area (Å²) < 4.78 is 5.67. The maximum Gasteiger partial charge on any atom is 0.319 e. The van der Waals surface area contributed by atoms with Crippen LogP contribution in [0.4, 0.5) is 16.2 Å². The number of ether oxygens (including phenoxy) is 1. The number of rotatable bonds is 7. The van der Waals surface area contributed by atoms with Gasteiger partial charge in [-0.05, 0) is 41.8 Å². The van der Waals surface area contributed by atoms with Crippen LogP contribution in [0, 0.1) is 0 Å². The number of hydrogen-bond acceptors (Lipinski definition) is 3. The molecule has 0 spiro atoms. The van der Waals surface area contributed by atoms with Gasteiger partial charge in [0.05, 0.1) is 6.54 Å². The summed E-state index contributed by atoms with van der Waals surface area (Å²) in [6.45, 7) is 6.45. The Labute approximate surface area is 153 Å². The molecule has 0 aliphatic heterocycles. The summed E-state index contributed by atoms with van der Waals surface area (Å²) in [6.07, 6.45) is 0. The Hall–Kier alpha value is -3.02. The van der Waals surface area contributed by atoms with E-state index in [0.29, 0.717) is 30.4 Å². The van der Waals surface area contributed by atoms with Gasteiger partial charge in [-0.3, -0.25) is 4.79 Å². The van der Waals surface area contributed by atoms with Crippen LogP contribution in [0.1, 0.15) is 32.3 Å². The van der Waals surface area contributed by atoms with Gasteiger partial charge in [0.25, 0.3) is 0 Å². The lowest BCUT2D eigenvalue weighted by molar-refractivity contribution is -0.114. The Balaban J connectivity index is 1.75. The zero-order valence-corrected chi connectivity index (χ0v) is 15.3. The first-order valence-corrected chi connectivity index (χ1v) is 8.59. The highest BCUT2D eigenvalue weighted by molar-refractivity contribution is 5.92. The lowest BCUT2D eigenvalue weighted by atomic mass is 10.0. The summed E-state index contributed by atoms with van der Waals surface area (Å²) >= 11 is 0. The minimum absolute atomic E-state index is 0.162. The second kappa shape index (κ2) is 9.46. The van der Waals surface area contributed by atoms with Gasteiger partial charge in [0, 0.05) is 18.3 Å². The van der Waals surface area contributed by atoms with Crippen LogP contribution in [0.25, 0.3) is 0 Å². The summed E-state index contributed by atoms with van der Waals surface area (Å²) in [6, 6.07) is 14.6. The van der Waals surface area contributed by atoms with Gasteiger partial charge in [-0.2, -0.15) is 0 Å². The molecule has 138 valence electrons. The molecular formula is C20H25N3O3. The smallest absolute Gasteiger partial charge is 0.319 e. The summed E-state index contributed by atoms with van der Waals surface area (Å²) in [5.41, 5.74) is 2.44. The number of hydrogen-bond donors (Lipinski definition) is 3. The Morgan fingerprint density at radius 2 is 1.69 bits per heavy atom. The van der Waals surface area contributed by atoms with Crippen LogP contribution in [-0.4, -0.2) is 25.1 Å². The SMILES string of the molecule is CC(=O)Nc1cccc(NC(=O)NCCOc2cccc(C(C)C)c2)c1. The molecule has 2 aromatic carbocycles. The molecule has 0 heterocycles. The number of urea groups is 1. The molecule has 0 aliphatic rings. The molecular weight excluding hydrogens is 330 g/mol. The highest BCUT2D eigenvalue weighted by Crippen LogP contribution is 2.20. The molecule has 0 aliphatic carbocycles. The standard InChI is InChI=1S/C20H25N3O3/c1-14(2)16-6-4-9-19(12-16)26-11-10-21-20(25)23-18-8-5-7-17(13-18)22-15(3)24/h4-9,12-14H,10-11H2,1-3H3,(H,22,24)(H2,21,23,25). The summed E-state index contributed by atoms with van der Waals surface area (Å²) in [5.74, 6) is 1.07. The third kappa shape index (κ3) is 6.47. The van der Waals surface area contributed by atoms with Crippen molar-refractivity contribution >= 4 is 23.3 Å². The molecule has 6 nitrogen and oxygen atoms in total. The zero-order valence-electron chi connectivity index (χ0n) is 15.3. The Morgan fingerprint density at radius 1 is 1.00 bits per heavy atom. The Kier molecular flexibility index (Phi) is 7.02. The minimum Gasteiger partial charge on any atom is -0.492 e. The van der Waals surface area contributed by atoms with Crippen LogP contribution >= 0.6 is 0 Å². The molecule has 3 N–H and O–H groups in total. The summed E-state index contributed by atoms with van der Waals surface area (Å²) in [4.78, 5) is 23.0. The van der Waals surface area contributed by atoms with E-state index in [-0.39, 0.29) is 11.9 Å². The summed E-state index contributed by atoms with van der Waals surface area (Å²) in [7, 11) is 0. The van der Waals surface area contributed by atoms with E-state index in [4.69, 9.17) is 4.74 Å². The second-order valence-electron chi connectivity index (χ2n) is 6.22. The predicted octanol–water partition coefficient (Wildman–Crippen LogP) is 3.97. The van der Waals surface area contributed by atoms with Crippen LogP contribution in [-0.2, 0) is 4.79 Å². The normalized spacial score (nSPS) is 10.3. The third-order valence-electron chi connectivity index (χ3n) is 3.62. The van der Waals surface area contributed by atoms with Gasteiger partial charge in [0.1, 0.15) is 12.4 Å². The van der Waals surface area contributed by atoms with Gasteiger partial charge in [0.15, 0.2) is 0 Å². The molecule has 0 fully saturated rings. The van der Waals surface area contributed by atoms with E-state index in [1.165, 1.54) is 12.5 Å². The zero-order chi connectivity index (χ0) is 18.9. The van der Waals surface area contributed by atoms with Gasteiger partial charge in [-0.1, -0.05) is 32.0 Å². The Morgan fingerprint density at radius 3 is 2.38 bits per heavy atom. The molecule has 0 atom stereocenters. The monoisotopic (exact) mass is 355 g/mol. The molecule has 0 unspecified atom stereocenters. The quantitative estimate of drug-likeness (QED) is 0.658. The fourth-order valence-electron chi connectivity index (χ4n) is 2.35. The molecule has 26 heavy (non-hydrogen) atoms. The van der Waals surface area contributed by atoms with E-state index in [0.717, 1.165) is 5.75 Å². The highest BCUT2D eigenvalue weighted by atomic mass is 16.5. The van der Waals surface area contributed by atoms with Crippen LogP contribution in [0.2, 0.25) is 0 Å². The molecule has 0 aromatic heterocycles. The van der Waals surface area contributed by atoms with Gasteiger partial charge < -0.3 is 20.7 Å². The van der Waals surface area contributed by atoms with E-state index in [2.05, 4.69) is 35.9 Å². The molecule has 2 aromatic rings. The number of nitrogens with one attached hydrogen (secondary N) is 3. The molecule has 2 rings (SSSR count). The second-order valence-corrected chi connectivity index (χ2v) is 6.22.